The summed E-state index contributed by atoms with van der Waals surface area (Å²) >= 11 is 0. The van der Waals surface area contributed by atoms with Crippen LogP contribution in [0.15, 0.2) is 24.3 Å². The van der Waals surface area contributed by atoms with Gasteiger partial charge in [-0.1, -0.05) is 12.1 Å². The number of aliphatic hydroxyl groups is 1. The van der Waals surface area contributed by atoms with E-state index in [0.29, 0.717) is 18.7 Å². The molecule has 16 heavy (non-hydrogen) atoms. The first kappa shape index (κ1) is 11.2. The van der Waals surface area contributed by atoms with Crippen molar-refractivity contribution in [3.63, 3.8) is 0 Å². The van der Waals surface area contributed by atoms with E-state index in [1.54, 1.807) is 0 Å². The van der Waals surface area contributed by atoms with Crippen LogP contribution in [0, 0.1) is 0 Å². The average Bonchev–Trinajstić information content (AvgIpc) is 2.13. The molecule has 1 saturated heterocycles. The van der Waals surface area contributed by atoms with Crippen molar-refractivity contribution in [2.75, 3.05) is 13.1 Å². The van der Waals surface area contributed by atoms with Gasteiger partial charge < -0.3 is 15.2 Å². The van der Waals surface area contributed by atoms with Gasteiger partial charge in [0.15, 0.2) is 0 Å². The Morgan fingerprint density at radius 3 is 2.12 bits per heavy atom. The van der Waals surface area contributed by atoms with Crippen molar-refractivity contribution in [1.82, 2.24) is 5.32 Å². The molecule has 1 aliphatic heterocycles. The van der Waals surface area contributed by atoms with Gasteiger partial charge in [-0.2, -0.15) is 0 Å². The molecule has 1 aromatic rings. The highest BCUT2D eigenvalue weighted by Crippen LogP contribution is 2.28. The largest absolute Gasteiger partial charge is 0.573 e. The van der Waals surface area contributed by atoms with E-state index in [-0.39, 0.29) is 5.75 Å². The van der Waals surface area contributed by atoms with E-state index >= 15 is 0 Å². The van der Waals surface area contributed by atoms with Gasteiger partial charge in [0.05, 0.1) is 0 Å². The minimum Gasteiger partial charge on any atom is -0.406 e. The Hall–Kier alpha value is -1.27. The molecule has 1 aromatic carbocycles. The molecule has 0 atom stereocenters. The Morgan fingerprint density at radius 2 is 1.75 bits per heavy atom. The summed E-state index contributed by atoms with van der Waals surface area (Å²) in [5.74, 6) is -0.285. The lowest BCUT2D eigenvalue weighted by Crippen LogP contribution is -2.56. The van der Waals surface area contributed by atoms with Crippen LogP contribution < -0.4 is 10.1 Å². The highest BCUT2D eigenvalue weighted by atomic mass is 19.4. The number of halogens is 3. The minimum atomic E-state index is -4.68. The van der Waals surface area contributed by atoms with Crippen molar-refractivity contribution in [3.05, 3.63) is 29.8 Å². The third-order valence-corrected chi connectivity index (χ3v) is 2.46. The molecule has 0 aromatic heterocycles. The fourth-order valence-electron chi connectivity index (χ4n) is 1.53. The smallest absolute Gasteiger partial charge is 0.406 e. The predicted octanol–water partition coefficient (Wildman–Crippen LogP) is 1.38. The number of nitrogens with one attached hydrogen (secondary N) is 1. The molecule has 2 rings (SSSR count). The summed E-state index contributed by atoms with van der Waals surface area (Å²) < 4.78 is 39.3. The third-order valence-electron chi connectivity index (χ3n) is 2.46. The fourth-order valence-corrected chi connectivity index (χ4v) is 1.53. The Morgan fingerprint density at radius 1 is 1.19 bits per heavy atom. The van der Waals surface area contributed by atoms with Gasteiger partial charge in [-0.05, 0) is 17.7 Å². The molecule has 88 valence electrons. The van der Waals surface area contributed by atoms with E-state index < -0.39 is 12.0 Å². The standard InChI is InChI=1S/C10H10F3NO2/c11-10(12,13)16-8-3-1-7(2-4-8)9(15)5-14-6-9/h1-4,14-15H,5-6H2. The predicted molar refractivity (Wildman–Crippen MR) is 49.9 cm³/mol. The molecule has 0 saturated carbocycles. The molecule has 0 unspecified atom stereocenters. The summed E-state index contributed by atoms with van der Waals surface area (Å²) in [7, 11) is 0. The van der Waals surface area contributed by atoms with Crippen LogP contribution in [0.4, 0.5) is 13.2 Å². The molecule has 1 fully saturated rings. The second-order valence-corrected chi connectivity index (χ2v) is 3.71. The maximum atomic E-state index is 11.9. The minimum absolute atomic E-state index is 0.285. The Labute approximate surface area is 89.8 Å². The maximum Gasteiger partial charge on any atom is 0.573 e. The molecule has 0 aliphatic carbocycles. The lowest BCUT2D eigenvalue weighted by atomic mass is 9.88. The van der Waals surface area contributed by atoms with Gasteiger partial charge in [0, 0.05) is 13.1 Å². The van der Waals surface area contributed by atoms with Gasteiger partial charge in [0.25, 0.3) is 0 Å². The van der Waals surface area contributed by atoms with E-state index in [0.717, 1.165) is 0 Å². The average molecular weight is 233 g/mol. The molecular formula is C10H10F3NO2. The van der Waals surface area contributed by atoms with Crippen LogP contribution in [0.5, 0.6) is 5.75 Å². The van der Waals surface area contributed by atoms with Gasteiger partial charge in [-0.15, -0.1) is 13.2 Å². The molecule has 0 radical (unpaired) electrons. The van der Waals surface area contributed by atoms with Crippen molar-refractivity contribution >= 4 is 0 Å². The van der Waals surface area contributed by atoms with Crippen molar-refractivity contribution < 1.29 is 23.0 Å². The van der Waals surface area contributed by atoms with Gasteiger partial charge in [-0.25, -0.2) is 0 Å². The normalized spacial score (nSPS) is 19.0. The van der Waals surface area contributed by atoms with Crippen LogP contribution in [0.3, 0.4) is 0 Å². The molecule has 1 aliphatic rings. The van der Waals surface area contributed by atoms with Gasteiger partial charge in [0.2, 0.25) is 0 Å². The van der Waals surface area contributed by atoms with Gasteiger partial charge >= 0.3 is 6.36 Å². The first-order chi connectivity index (χ1) is 7.39. The first-order valence-corrected chi connectivity index (χ1v) is 4.68. The highest BCUT2D eigenvalue weighted by Gasteiger charge is 2.36. The molecule has 0 amide bonds. The number of β-amino-alcohol motifs (C(OH)–C–C–N with tert-alkyl or cyclic N) is 1. The first-order valence-electron chi connectivity index (χ1n) is 4.68. The third kappa shape index (κ3) is 2.28. The zero-order valence-electron chi connectivity index (χ0n) is 8.21. The van der Waals surface area contributed by atoms with Crippen LogP contribution in [-0.4, -0.2) is 24.6 Å². The summed E-state index contributed by atoms with van der Waals surface area (Å²) in [4.78, 5) is 0. The summed E-state index contributed by atoms with van der Waals surface area (Å²) in [5.41, 5.74) is -0.377. The maximum absolute atomic E-state index is 11.9. The number of rotatable bonds is 2. The summed E-state index contributed by atoms with van der Waals surface area (Å²) in [6, 6.07) is 5.25. The van der Waals surface area contributed by atoms with Crippen LogP contribution in [-0.2, 0) is 5.60 Å². The summed E-state index contributed by atoms with van der Waals surface area (Å²) in [6.07, 6.45) is -4.68. The molecule has 6 heteroatoms. The number of ether oxygens (including phenoxy) is 1. The number of hydrogen-bond donors (Lipinski definition) is 2. The topological polar surface area (TPSA) is 41.5 Å². The van der Waals surface area contributed by atoms with Crippen molar-refractivity contribution in [2.24, 2.45) is 0 Å². The molecular weight excluding hydrogens is 223 g/mol. The fraction of sp³-hybridized carbons (Fsp3) is 0.400. The van der Waals surface area contributed by atoms with Crippen LogP contribution in [0.1, 0.15) is 5.56 Å². The second kappa shape index (κ2) is 3.64. The van der Waals surface area contributed by atoms with Crippen LogP contribution in [0.2, 0.25) is 0 Å². The van der Waals surface area contributed by atoms with Crippen molar-refractivity contribution in [2.45, 2.75) is 12.0 Å². The zero-order chi connectivity index (χ0) is 11.8. The Kier molecular flexibility index (Phi) is 2.55. The van der Waals surface area contributed by atoms with E-state index in [4.69, 9.17) is 0 Å². The Balaban J connectivity index is 2.10. The van der Waals surface area contributed by atoms with E-state index in [9.17, 15) is 18.3 Å². The summed E-state index contributed by atoms with van der Waals surface area (Å²) in [5, 5.41) is 12.8. The van der Waals surface area contributed by atoms with Crippen LogP contribution in [0.25, 0.3) is 0 Å². The zero-order valence-corrected chi connectivity index (χ0v) is 8.21. The summed E-state index contributed by atoms with van der Waals surface area (Å²) in [6.45, 7) is 0.818. The number of hydrogen-bond acceptors (Lipinski definition) is 3. The second-order valence-electron chi connectivity index (χ2n) is 3.71. The van der Waals surface area contributed by atoms with Crippen molar-refractivity contribution in [3.8, 4) is 5.75 Å². The SMILES string of the molecule is OC1(c2ccc(OC(F)(F)F)cc2)CNC1. The van der Waals surface area contributed by atoms with Gasteiger partial charge in [0.1, 0.15) is 11.4 Å². The number of alkyl halides is 3. The van der Waals surface area contributed by atoms with Crippen LogP contribution >= 0.6 is 0 Å². The molecule has 0 spiro atoms. The highest BCUT2D eigenvalue weighted by molar-refractivity contribution is 5.32. The van der Waals surface area contributed by atoms with E-state index in [1.807, 2.05) is 0 Å². The lowest BCUT2D eigenvalue weighted by molar-refractivity contribution is -0.274. The molecule has 1 heterocycles. The molecule has 3 nitrogen and oxygen atoms in total. The van der Waals surface area contributed by atoms with E-state index in [1.165, 1.54) is 24.3 Å². The molecule has 2 N–H and O–H groups in total. The molecule has 0 bridgehead atoms. The lowest BCUT2D eigenvalue weighted by Gasteiger charge is -2.38. The van der Waals surface area contributed by atoms with E-state index in [2.05, 4.69) is 10.1 Å². The number of benzene rings is 1. The van der Waals surface area contributed by atoms with Crippen molar-refractivity contribution in [1.29, 1.82) is 0 Å². The monoisotopic (exact) mass is 233 g/mol. The quantitative estimate of drug-likeness (QED) is 0.810. The van der Waals surface area contributed by atoms with Gasteiger partial charge in [-0.3, -0.25) is 0 Å². The Bertz CT molecular complexity index is 371.